The van der Waals surface area contributed by atoms with Crippen LogP contribution in [0, 0.1) is 6.92 Å². The third kappa shape index (κ3) is 5.13. The zero-order valence-electron chi connectivity index (χ0n) is 20.6. The Kier molecular flexibility index (Phi) is 6.76. The molecule has 6 heteroatoms. The van der Waals surface area contributed by atoms with Gasteiger partial charge >= 0.3 is 0 Å². The van der Waals surface area contributed by atoms with E-state index in [1.54, 1.807) is 30.2 Å². The summed E-state index contributed by atoms with van der Waals surface area (Å²) in [5, 5.41) is 0.794. The average molecular weight is 483 g/mol. The third-order valence-electron chi connectivity index (χ3n) is 6.78. The van der Waals surface area contributed by atoms with Crippen LogP contribution in [0.25, 0.3) is 11.0 Å². The van der Waals surface area contributed by atoms with Crippen LogP contribution in [0.1, 0.15) is 33.7 Å². The lowest BCUT2D eigenvalue weighted by Gasteiger charge is -2.41. The summed E-state index contributed by atoms with van der Waals surface area (Å²) in [5.41, 5.74) is 4.09. The molecule has 4 aromatic rings. The van der Waals surface area contributed by atoms with Gasteiger partial charge in [-0.05, 0) is 55.2 Å². The molecule has 5 rings (SSSR count). The molecule has 1 aliphatic rings. The third-order valence-corrected chi connectivity index (χ3v) is 6.78. The first-order valence-electron chi connectivity index (χ1n) is 12.3. The summed E-state index contributed by atoms with van der Waals surface area (Å²) >= 11 is 0. The average Bonchev–Trinajstić information content (AvgIpc) is 3.32. The van der Waals surface area contributed by atoms with Gasteiger partial charge in [-0.2, -0.15) is 0 Å². The quantitative estimate of drug-likeness (QED) is 0.362. The normalized spacial score (nSPS) is 15.9. The number of carbonyl (C=O) groups is 2. The Morgan fingerprint density at radius 3 is 2.58 bits per heavy atom. The van der Waals surface area contributed by atoms with Gasteiger partial charge in [-0.3, -0.25) is 9.59 Å². The fraction of sp³-hybridized carbons (Fsp3) is 0.267. The molecule has 1 fully saturated rings. The van der Waals surface area contributed by atoms with Crippen LogP contribution in [0.3, 0.4) is 0 Å². The fourth-order valence-corrected chi connectivity index (χ4v) is 4.89. The minimum atomic E-state index is -0.265. The summed E-state index contributed by atoms with van der Waals surface area (Å²) in [7, 11) is 1.60. The Morgan fingerprint density at radius 1 is 1.00 bits per heavy atom. The molecule has 0 saturated carbocycles. The molecule has 0 N–H and O–H groups in total. The first-order chi connectivity index (χ1) is 17.5. The van der Waals surface area contributed by atoms with Crippen LogP contribution in [0.5, 0.6) is 5.75 Å². The summed E-state index contributed by atoms with van der Waals surface area (Å²) in [6.45, 7) is 3.08. The second-order valence-electron chi connectivity index (χ2n) is 9.39. The van der Waals surface area contributed by atoms with E-state index in [0.717, 1.165) is 29.4 Å². The molecule has 1 aliphatic heterocycles. The Bertz CT molecular complexity index is 1380. The highest BCUT2D eigenvalue weighted by Crippen LogP contribution is 2.27. The number of benzene rings is 3. The molecule has 3 aromatic carbocycles. The Hall–Kier alpha value is -4.06. The van der Waals surface area contributed by atoms with E-state index in [0.29, 0.717) is 24.4 Å². The summed E-state index contributed by atoms with van der Waals surface area (Å²) in [5.74, 6) is 0.619. The van der Waals surface area contributed by atoms with E-state index >= 15 is 0 Å². The molecule has 0 bridgehead atoms. The van der Waals surface area contributed by atoms with Crippen molar-refractivity contribution in [3.63, 3.8) is 0 Å². The van der Waals surface area contributed by atoms with Gasteiger partial charge in [0.15, 0.2) is 5.76 Å². The first-order valence-corrected chi connectivity index (χ1v) is 12.3. The molecule has 1 aromatic heterocycles. The minimum absolute atomic E-state index is 0.0346. The van der Waals surface area contributed by atoms with Gasteiger partial charge in [-0.15, -0.1) is 0 Å². The number of fused-ring (bicyclic) bond motifs is 1. The monoisotopic (exact) mass is 482 g/mol. The standard InChI is InChI=1S/C30H30N2O4/c1-21-7-6-10-23(15-21)18-32-25(12-11-22-8-4-3-5-9-22)19-31(20-29(32)33)30(34)28-17-24-16-26(35-2)13-14-27(24)36-28/h3-10,13-17,25H,11-12,18-20H2,1-2H3/t25-/m0/s1. The van der Waals surface area contributed by atoms with Crippen molar-refractivity contribution in [2.24, 2.45) is 0 Å². The molecule has 1 saturated heterocycles. The number of carbonyl (C=O) groups excluding carboxylic acids is 2. The van der Waals surface area contributed by atoms with Crippen molar-refractivity contribution in [1.82, 2.24) is 9.80 Å². The van der Waals surface area contributed by atoms with Gasteiger partial charge < -0.3 is 19.0 Å². The predicted molar refractivity (Wildman–Crippen MR) is 139 cm³/mol. The number of ether oxygens (including phenoxy) is 1. The van der Waals surface area contributed by atoms with Crippen LogP contribution in [0.15, 0.2) is 83.3 Å². The van der Waals surface area contributed by atoms with E-state index in [1.165, 1.54) is 5.56 Å². The Balaban J connectivity index is 1.38. The molecule has 2 heterocycles. The largest absolute Gasteiger partial charge is 0.497 e. The van der Waals surface area contributed by atoms with Crippen molar-refractivity contribution in [3.8, 4) is 5.75 Å². The van der Waals surface area contributed by atoms with Crippen LogP contribution in [-0.4, -0.2) is 47.9 Å². The fourth-order valence-electron chi connectivity index (χ4n) is 4.89. The molecular weight excluding hydrogens is 452 g/mol. The van der Waals surface area contributed by atoms with Gasteiger partial charge in [0, 0.05) is 18.5 Å². The minimum Gasteiger partial charge on any atom is -0.497 e. The highest BCUT2D eigenvalue weighted by atomic mass is 16.5. The predicted octanol–water partition coefficient (Wildman–Crippen LogP) is 5.24. The van der Waals surface area contributed by atoms with Crippen LogP contribution >= 0.6 is 0 Å². The summed E-state index contributed by atoms with van der Waals surface area (Å²) in [4.78, 5) is 30.4. The summed E-state index contributed by atoms with van der Waals surface area (Å²) in [6, 6.07) is 25.5. The lowest BCUT2D eigenvalue weighted by atomic mass is 10.00. The number of methoxy groups -OCH3 is 1. The molecule has 0 radical (unpaired) electrons. The number of hydrogen-bond donors (Lipinski definition) is 0. The number of rotatable bonds is 7. The lowest BCUT2D eigenvalue weighted by Crippen LogP contribution is -2.57. The molecule has 1 atom stereocenters. The Labute approximate surface area is 211 Å². The highest BCUT2D eigenvalue weighted by Gasteiger charge is 2.35. The lowest BCUT2D eigenvalue weighted by molar-refractivity contribution is -0.139. The zero-order chi connectivity index (χ0) is 25.1. The molecule has 0 spiro atoms. The van der Waals surface area contributed by atoms with Gasteiger partial charge in [0.25, 0.3) is 5.91 Å². The van der Waals surface area contributed by atoms with Crippen molar-refractivity contribution in [1.29, 1.82) is 0 Å². The van der Waals surface area contributed by atoms with Gasteiger partial charge in [0.2, 0.25) is 5.91 Å². The zero-order valence-corrected chi connectivity index (χ0v) is 20.6. The number of amides is 2. The molecule has 36 heavy (non-hydrogen) atoms. The molecule has 6 nitrogen and oxygen atoms in total. The maximum atomic E-state index is 13.4. The second-order valence-corrected chi connectivity index (χ2v) is 9.39. The maximum Gasteiger partial charge on any atom is 0.290 e. The van der Waals surface area contributed by atoms with E-state index in [2.05, 4.69) is 37.3 Å². The number of hydrogen-bond acceptors (Lipinski definition) is 4. The molecule has 2 amide bonds. The number of aryl methyl sites for hydroxylation is 2. The van der Waals surface area contributed by atoms with E-state index in [-0.39, 0.29) is 30.2 Å². The maximum absolute atomic E-state index is 13.4. The second kappa shape index (κ2) is 10.3. The van der Waals surface area contributed by atoms with Gasteiger partial charge in [-0.1, -0.05) is 60.2 Å². The smallest absolute Gasteiger partial charge is 0.290 e. The van der Waals surface area contributed by atoms with E-state index in [4.69, 9.17) is 9.15 Å². The van der Waals surface area contributed by atoms with Crippen LogP contribution in [0.4, 0.5) is 0 Å². The van der Waals surface area contributed by atoms with Gasteiger partial charge in [0.05, 0.1) is 13.2 Å². The van der Waals surface area contributed by atoms with Crippen molar-refractivity contribution in [3.05, 3.63) is 101 Å². The number of piperazine rings is 1. The first kappa shape index (κ1) is 23.7. The Morgan fingerprint density at radius 2 is 1.81 bits per heavy atom. The van der Waals surface area contributed by atoms with Crippen LogP contribution in [0.2, 0.25) is 0 Å². The molecular formula is C30H30N2O4. The van der Waals surface area contributed by atoms with Crippen molar-refractivity contribution in [2.45, 2.75) is 32.4 Å². The van der Waals surface area contributed by atoms with Crippen molar-refractivity contribution >= 4 is 22.8 Å². The molecule has 0 unspecified atom stereocenters. The highest BCUT2D eigenvalue weighted by molar-refractivity contribution is 5.98. The number of nitrogens with zero attached hydrogens (tertiary/aromatic N) is 2. The summed E-state index contributed by atoms with van der Waals surface area (Å²) in [6.07, 6.45) is 1.60. The van der Waals surface area contributed by atoms with Gasteiger partial charge in [-0.25, -0.2) is 0 Å². The van der Waals surface area contributed by atoms with Crippen LogP contribution < -0.4 is 4.74 Å². The van der Waals surface area contributed by atoms with Crippen molar-refractivity contribution < 1.29 is 18.7 Å². The van der Waals surface area contributed by atoms with Crippen LogP contribution in [-0.2, 0) is 17.8 Å². The van der Waals surface area contributed by atoms with Crippen molar-refractivity contribution in [2.75, 3.05) is 20.2 Å². The SMILES string of the molecule is COc1ccc2oc(C(=O)N3CC(=O)N(Cc4cccc(C)c4)[C@@H](CCc4ccccc4)C3)cc2c1. The van der Waals surface area contributed by atoms with E-state index in [1.807, 2.05) is 35.2 Å². The van der Waals surface area contributed by atoms with E-state index < -0.39 is 0 Å². The molecule has 0 aliphatic carbocycles. The van der Waals surface area contributed by atoms with Gasteiger partial charge in [0.1, 0.15) is 17.9 Å². The summed E-state index contributed by atoms with van der Waals surface area (Å²) < 4.78 is 11.1. The number of furan rings is 1. The molecule has 184 valence electrons. The van der Waals surface area contributed by atoms with E-state index in [9.17, 15) is 9.59 Å². The topological polar surface area (TPSA) is 63.0 Å².